The van der Waals surface area contributed by atoms with E-state index in [9.17, 15) is 4.79 Å². The number of ether oxygens (including phenoxy) is 1. The Morgan fingerprint density at radius 2 is 1.48 bits per heavy atom. The summed E-state index contributed by atoms with van der Waals surface area (Å²) in [5.41, 5.74) is 0. The van der Waals surface area contributed by atoms with Crippen LogP contribution in [-0.4, -0.2) is 13.1 Å². The fourth-order valence-electron chi connectivity index (χ4n) is 3.82. The Morgan fingerprint density at radius 1 is 0.905 bits per heavy atom. The largest absolute Gasteiger partial charge is 0.469 e. The lowest BCUT2D eigenvalue weighted by atomic mass is 9.74. The number of unbranched alkanes of at least 4 members (excludes halogenated alkanes) is 5. The molecule has 0 heterocycles. The minimum atomic E-state index is -0.0593. The number of methoxy groups -OCH3 is 1. The summed E-state index contributed by atoms with van der Waals surface area (Å²) in [5.74, 6) is 1.98. The Bertz CT molecular complexity index is 262. The predicted molar refractivity (Wildman–Crippen MR) is 89.3 cm³/mol. The van der Waals surface area contributed by atoms with Crippen molar-refractivity contribution >= 4 is 5.97 Å². The van der Waals surface area contributed by atoms with Crippen LogP contribution in [0.25, 0.3) is 0 Å². The summed E-state index contributed by atoms with van der Waals surface area (Å²) in [7, 11) is 1.47. The molecule has 0 saturated heterocycles. The molecule has 1 aliphatic carbocycles. The first-order chi connectivity index (χ1) is 10.3. The lowest BCUT2D eigenvalue weighted by Crippen LogP contribution is -2.19. The van der Waals surface area contributed by atoms with E-state index in [1.165, 1.54) is 84.2 Å². The van der Waals surface area contributed by atoms with E-state index in [0.29, 0.717) is 6.42 Å². The molecule has 0 radical (unpaired) electrons. The molecule has 0 N–H and O–H groups in total. The molecule has 124 valence electrons. The molecule has 0 bridgehead atoms. The number of esters is 1. The maximum atomic E-state index is 11.0. The smallest absolute Gasteiger partial charge is 0.305 e. The predicted octanol–water partition coefficient (Wildman–Crippen LogP) is 5.89. The summed E-state index contributed by atoms with van der Waals surface area (Å²) in [6.07, 6.45) is 18.4. The van der Waals surface area contributed by atoms with Gasteiger partial charge in [0.1, 0.15) is 0 Å². The molecule has 0 aromatic rings. The van der Waals surface area contributed by atoms with Crippen molar-refractivity contribution in [3.05, 3.63) is 0 Å². The topological polar surface area (TPSA) is 26.3 Å². The fourth-order valence-corrected chi connectivity index (χ4v) is 3.82. The Balaban J connectivity index is 2.03. The van der Waals surface area contributed by atoms with Crippen LogP contribution < -0.4 is 0 Å². The normalized spacial score (nSPS) is 22.2. The van der Waals surface area contributed by atoms with Crippen molar-refractivity contribution in [3.63, 3.8) is 0 Å². The molecule has 0 aromatic carbocycles. The Morgan fingerprint density at radius 3 is 2.10 bits per heavy atom. The summed E-state index contributed by atoms with van der Waals surface area (Å²) in [4.78, 5) is 11.0. The van der Waals surface area contributed by atoms with Crippen LogP contribution in [0.4, 0.5) is 0 Å². The number of carbonyl (C=O) groups excluding carboxylic acids is 1. The van der Waals surface area contributed by atoms with Crippen LogP contribution in [0.15, 0.2) is 0 Å². The van der Waals surface area contributed by atoms with Crippen molar-refractivity contribution in [1.82, 2.24) is 0 Å². The van der Waals surface area contributed by atoms with Crippen LogP contribution >= 0.6 is 0 Å². The Kier molecular flexibility index (Phi) is 10.6. The van der Waals surface area contributed by atoms with E-state index < -0.39 is 0 Å². The SMILES string of the molecule is CCCC[C@@H]1CCCC[C@H]1CCCCCCCC(=O)OC. The van der Waals surface area contributed by atoms with Gasteiger partial charge in [0.25, 0.3) is 0 Å². The third-order valence-electron chi connectivity index (χ3n) is 5.18. The molecule has 1 fully saturated rings. The highest BCUT2D eigenvalue weighted by molar-refractivity contribution is 5.68. The van der Waals surface area contributed by atoms with E-state index in [1.807, 2.05) is 0 Å². The van der Waals surface area contributed by atoms with Gasteiger partial charge in [-0.3, -0.25) is 4.79 Å². The van der Waals surface area contributed by atoms with Crippen molar-refractivity contribution in [2.75, 3.05) is 7.11 Å². The average Bonchev–Trinajstić information content (AvgIpc) is 2.52. The quantitative estimate of drug-likeness (QED) is 0.351. The van der Waals surface area contributed by atoms with Gasteiger partial charge in [0.05, 0.1) is 7.11 Å². The van der Waals surface area contributed by atoms with Crippen molar-refractivity contribution in [1.29, 1.82) is 0 Å². The van der Waals surface area contributed by atoms with Crippen molar-refractivity contribution in [2.45, 2.75) is 96.8 Å². The molecule has 0 aliphatic heterocycles. The van der Waals surface area contributed by atoms with Gasteiger partial charge in [-0.15, -0.1) is 0 Å². The Labute approximate surface area is 132 Å². The molecule has 0 unspecified atom stereocenters. The third kappa shape index (κ3) is 8.48. The van der Waals surface area contributed by atoms with E-state index in [0.717, 1.165) is 18.3 Å². The zero-order valence-electron chi connectivity index (χ0n) is 14.4. The molecule has 2 nitrogen and oxygen atoms in total. The van der Waals surface area contributed by atoms with Crippen LogP contribution in [-0.2, 0) is 9.53 Å². The number of rotatable bonds is 11. The zero-order valence-corrected chi connectivity index (χ0v) is 14.4. The first kappa shape index (κ1) is 18.5. The van der Waals surface area contributed by atoms with Crippen LogP contribution in [0.3, 0.4) is 0 Å². The van der Waals surface area contributed by atoms with Gasteiger partial charge in [0.2, 0.25) is 0 Å². The third-order valence-corrected chi connectivity index (χ3v) is 5.18. The highest BCUT2D eigenvalue weighted by atomic mass is 16.5. The molecule has 0 amide bonds. The zero-order chi connectivity index (χ0) is 15.3. The number of hydrogen-bond acceptors (Lipinski definition) is 2. The first-order valence-corrected chi connectivity index (χ1v) is 9.34. The molecule has 1 saturated carbocycles. The summed E-state index contributed by atoms with van der Waals surface area (Å²) in [6, 6.07) is 0. The highest BCUT2D eigenvalue weighted by Gasteiger charge is 2.23. The van der Waals surface area contributed by atoms with Crippen molar-refractivity contribution in [2.24, 2.45) is 11.8 Å². The van der Waals surface area contributed by atoms with Crippen molar-refractivity contribution in [3.8, 4) is 0 Å². The second-order valence-electron chi connectivity index (χ2n) is 6.83. The second-order valence-corrected chi connectivity index (χ2v) is 6.83. The molecular formula is C19H36O2. The minimum absolute atomic E-state index is 0.0593. The molecule has 21 heavy (non-hydrogen) atoms. The van der Waals surface area contributed by atoms with Gasteiger partial charge in [-0.2, -0.15) is 0 Å². The average molecular weight is 296 g/mol. The standard InChI is InChI=1S/C19H36O2/c1-3-4-12-17-14-10-11-15-18(17)13-8-6-5-7-9-16-19(20)21-2/h17-18H,3-16H2,1-2H3/t17-,18-/m1/s1. The second kappa shape index (κ2) is 12.1. The van der Waals surface area contributed by atoms with Gasteiger partial charge in [-0.05, 0) is 18.3 Å². The highest BCUT2D eigenvalue weighted by Crippen LogP contribution is 2.36. The van der Waals surface area contributed by atoms with Gasteiger partial charge >= 0.3 is 5.97 Å². The van der Waals surface area contributed by atoms with Gasteiger partial charge in [-0.1, -0.05) is 84.0 Å². The van der Waals surface area contributed by atoms with Crippen LogP contribution in [0, 0.1) is 11.8 Å². The van der Waals surface area contributed by atoms with Crippen LogP contribution in [0.2, 0.25) is 0 Å². The molecule has 0 spiro atoms. The van der Waals surface area contributed by atoms with E-state index >= 15 is 0 Å². The van der Waals surface area contributed by atoms with E-state index in [1.54, 1.807) is 0 Å². The van der Waals surface area contributed by atoms with Crippen LogP contribution in [0.5, 0.6) is 0 Å². The van der Waals surface area contributed by atoms with E-state index in [4.69, 9.17) is 0 Å². The van der Waals surface area contributed by atoms with E-state index in [-0.39, 0.29) is 5.97 Å². The lowest BCUT2D eigenvalue weighted by Gasteiger charge is -2.31. The monoisotopic (exact) mass is 296 g/mol. The molecule has 2 heteroatoms. The molecular weight excluding hydrogens is 260 g/mol. The van der Waals surface area contributed by atoms with Gasteiger partial charge in [0, 0.05) is 6.42 Å². The van der Waals surface area contributed by atoms with Gasteiger partial charge < -0.3 is 4.74 Å². The summed E-state index contributed by atoms with van der Waals surface area (Å²) in [5, 5.41) is 0. The van der Waals surface area contributed by atoms with Gasteiger partial charge in [0.15, 0.2) is 0 Å². The fraction of sp³-hybridized carbons (Fsp3) is 0.947. The maximum absolute atomic E-state index is 11.0. The summed E-state index contributed by atoms with van der Waals surface area (Å²) >= 11 is 0. The summed E-state index contributed by atoms with van der Waals surface area (Å²) in [6.45, 7) is 2.31. The first-order valence-electron chi connectivity index (χ1n) is 9.34. The molecule has 1 aliphatic rings. The minimum Gasteiger partial charge on any atom is -0.469 e. The van der Waals surface area contributed by atoms with Crippen molar-refractivity contribution < 1.29 is 9.53 Å². The molecule has 0 aromatic heterocycles. The number of carbonyl (C=O) groups is 1. The lowest BCUT2D eigenvalue weighted by molar-refractivity contribution is -0.140. The summed E-state index contributed by atoms with van der Waals surface area (Å²) < 4.78 is 4.66. The number of hydrogen-bond donors (Lipinski definition) is 0. The van der Waals surface area contributed by atoms with Gasteiger partial charge in [-0.25, -0.2) is 0 Å². The Hall–Kier alpha value is -0.530. The molecule has 2 atom stereocenters. The van der Waals surface area contributed by atoms with Crippen LogP contribution in [0.1, 0.15) is 96.8 Å². The van der Waals surface area contributed by atoms with E-state index in [2.05, 4.69) is 11.7 Å². The maximum Gasteiger partial charge on any atom is 0.305 e. The molecule has 1 rings (SSSR count).